The van der Waals surface area contributed by atoms with Gasteiger partial charge in [0.1, 0.15) is 0 Å². The summed E-state index contributed by atoms with van der Waals surface area (Å²) in [6.45, 7) is 3.95. The molecule has 6 heteroatoms. The van der Waals surface area contributed by atoms with E-state index in [1.807, 2.05) is 32.0 Å². The van der Waals surface area contributed by atoms with Crippen molar-refractivity contribution in [1.29, 1.82) is 0 Å². The predicted molar refractivity (Wildman–Crippen MR) is 106 cm³/mol. The lowest BCUT2D eigenvalue weighted by Gasteiger charge is -2.13. The van der Waals surface area contributed by atoms with Gasteiger partial charge in [0.05, 0.1) is 0 Å². The van der Waals surface area contributed by atoms with Crippen LogP contribution in [0.4, 0.5) is 5.69 Å². The molecule has 0 aliphatic carbocycles. The third-order valence-corrected chi connectivity index (χ3v) is 4.10. The van der Waals surface area contributed by atoms with E-state index in [2.05, 4.69) is 10.6 Å². The molecule has 0 fully saturated rings. The van der Waals surface area contributed by atoms with Crippen molar-refractivity contribution in [1.82, 2.24) is 5.32 Å². The number of para-hydroxylation sites is 1. The van der Waals surface area contributed by atoms with E-state index in [1.54, 1.807) is 24.3 Å². The first-order valence-electron chi connectivity index (χ1n) is 7.18. The molecule has 2 aromatic rings. The highest BCUT2D eigenvalue weighted by molar-refractivity contribution is 7.80. The summed E-state index contributed by atoms with van der Waals surface area (Å²) in [7, 11) is 0. The maximum atomic E-state index is 12.0. The van der Waals surface area contributed by atoms with Gasteiger partial charge in [0.2, 0.25) is 5.91 Å². The summed E-state index contributed by atoms with van der Waals surface area (Å²) in [5, 5.41) is 6.91. The van der Waals surface area contributed by atoms with Gasteiger partial charge >= 0.3 is 0 Å². The Balaban J connectivity index is 1.99. The van der Waals surface area contributed by atoms with Crippen LogP contribution in [-0.2, 0) is 4.79 Å². The van der Waals surface area contributed by atoms with Crippen molar-refractivity contribution >= 4 is 58.2 Å². The number of carbonyl (C=O) groups is 1. The first-order valence-corrected chi connectivity index (χ1v) is 8.34. The van der Waals surface area contributed by atoms with Gasteiger partial charge in [0, 0.05) is 21.8 Å². The third kappa shape index (κ3) is 5.06. The number of benzene rings is 2. The molecule has 124 valence electrons. The molecule has 2 rings (SSSR count). The Hall–Kier alpha value is -1.88. The molecule has 24 heavy (non-hydrogen) atoms. The van der Waals surface area contributed by atoms with E-state index in [-0.39, 0.29) is 11.0 Å². The largest absolute Gasteiger partial charge is 0.332 e. The monoisotopic (exact) mass is 378 g/mol. The van der Waals surface area contributed by atoms with Gasteiger partial charge in [0.15, 0.2) is 5.11 Å². The van der Waals surface area contributed by atoms with Crippen molar-refractivity contribution in [3.8, 4) is 0 Å². The van der Waals surface area contributed by atoms with E-state index in [0.717, 1.165) is 16.8 Å². The van der Waals surface area contributed by atoms with Gasteiger partial charge in [-0.2, -0.15) is 0 Å². The minimum absolute atomic E-state index is 0.240. The molecular weight excluding hydrogens is 363 g/mol. The number of rotatable bonds is 3. The normalized spacial score (nSPS) is 10.7. The minimum Gasteiger partial charge on any atom is -0.332 e. The third-order valence-electron chi connectivity index (χ3n) is 3.33. The molecule has 0 radical (unpaired) electrons. The standard InChI is InChI=1S/C18H16Cl2N2OS/c1-11-4-3-5-12(2)17(11)22-18(24)21-16(23)9-7-13-6-8-14(19)10-15(13)20/h3-10H,1-2H3,(H2,21,22,23,24)/b9-7+. The first-order chi connectivity index (χ1) is 11.4. The summed E-state index contributed by atoms with van der Waals surface area (Å²) in [5.74, 6) is -0.343. The maximum absolute atomic E-state index is 12.0. The van der Waals surface area contributed by atoms with E-state index in [1.165, 1.54) is 6.08 Å². The lowest BCUT2D eigenvalue weighted by molar-refractivity contribution is -0.115. The zero-order chi connectivity index (χ0) is 17.7. The number of halogens is 2. The van der Waals surface area contributed by atoms with Crippen LogP contribution in [0.2, 0.25) is 10.0 Å². The van der Waals surface area contributed by atoms with Crippen LogP contribution in [0.5, 0.6) is 0 Å². The summed E-state index contributed by atoms with van der Waals surface area (Å²) in [6.07, 6.45) is 2.98. The summed E-state index contributed by atoms with van der Waals surface area (Å²) < 4.78 is 0. The molecule has 1 amide bonds. The molecule has 2 N–H and O–H groups in total. The molecule has 2 aromatic carbocycles. The Bertz CT molecular complexity index is 798. The number of amides is 1. The molecule has 0 unspecified atom stereocenters. The number of carbonyl (C=O) groups excluding carboxylic acids is 1. The second kappa shape index (κ2) is 8.29. The quantitative estimate of drug-likeness (QED) is 0.573. The minimum atomic E-state index is -0.343. The van der Waals surface area contributed by atoms with E-state index >= 15 is 0 Å². The van der Waals surface area contributed by atoms with Crippen molar-refractivity contribution < 1.29 is 4.79 Å². The highest BCUT2D eigenvalue weighted by Gasteiger charge is 2.06. The van der Waals surface area contributed by atoms with Gasteiger partial charge in [-0.1, -0.05) is 47.5 Å². The Morgan fingerprint density at radius 3 is 2.42 bits per heavy atom. The van der Waals surface area contributed by atoms with Gasteiger partial charge in [0.25, 0.3) is 0 Å². The zero-order valence-corrected chi connectivity index (χ0v) is 15.5. The molecule has 0 aromatic heterocycles. The fourth-order valence-electron chi connectivity index (χ4n) is 2.11. The van der Waals surface area contributed by atoms with Crippen LogP contribution >= 0.6 is 35.4 Å². The Labute approximate surface area is 156 Å². The van der Waals surface area contributed by atoms with Gasteiger partial charge in [-0.25, -0.2) is 0 Å². The molecule has 0 saturated heterocycles. The van der Waals surface area contributed by atoms with E-state index in [0.29, 0.717) is 15.6 Å². The van der Waals surface area contributed by atoms with E-state index in [4.69, 9.17) is 35.4 Å². The fraction of sp³-hybridized carbons (Fsp3) is 0.111. The average molecular weight is 379 g/mol. The van der Waals surface area contributed by atoms with Crippen molar-refractivity contribution in [2.75, 3.05) is 5.32 Å². The highest BCUT2D eigenvalue weighted by atomic mass is 35.5. The van der Waals surface area contributed by atoms with E-state index in [9.17, 15) is 4.79 Å². The van der Waals surface area contributed by atoms with Crippen LogP contribution in [0.15, 0.2) is 42.5 Å². The summed E-state index contributed by atoms with van der Waals surface area (Å²) in [4.78, 5) is 12.0. The van der Waals surface area contributed by atoms with Crippen molar-refractivity contribution in [2.24, 2.45) is 0 Å². The summed E-state index contributed by atoms with van der Waals surface area (Å²) in [5.41, 5.74) is 3.70. The lowest BCUT2D eigenvalue weighted by atomic mass is 10.1. The molecule has 0 atom stereocenters. The average Bonchev–Trinajstić information content (AvgIpc) is 2.50. The van der Waals surface area contributed by atoms with E-state index < -0.39 is 0 Å². The van der Waals surface area contributed by atoms with Crippen LogP contribution in [0.1, 0.15) is 16.7 Å². The van der Waals surface area contributed by atoms with Crippen LogP contribution in [0.25, 0.3) is 6.08 Å². The van der Waals surface area contributed by atoms with Crippen molar-refractivity contribution in [3.05, 3.63) is 69.2 Å². The van der Waals surface area contributed by atoms with Crippen molar-refractivity contribution in [3.63, 3.8) is 0 Å². The smallest absolute Gasteiger partial charge is 0.250 e. The van der Waals surface area contributed by atoms with Crippen LogP contribution < -0.4 is 10.6 Å². The lowest BCUT2D eigenvalue weighted by Crippen LogP contribution is -2.33. The predicted octanol–water partition coefficient (Wildman–Crippen LogP) is 5.14. The second-order valence-corrected chi connectivity index (χ2v) is 6.46. The second-order valence-electron chi connectivity index (χ2n) is 5.21. The molecule has 0 bridgehead atoms. The number of hydrogen-bond acceptors (Lipinski definition) is 2. The summed E-state index contributed by atoms with van der Waals surface area (Å²) >= 11 is 17.1. The number of thiocarbonyl (C=S) groups is 1. The van der Waals surface area contributed by atoms with Crippen LogP contribution in [-0.4, -0.2) is 11.0 Å². The fourth-order valence-corrected chi connectivity index (χ4v) is 2.79. The number of hydrogen-bond donors (Lipinski definition) is 2. The van der Waals surface area contributed by atoms with Crippen LogP contribution in [0, 0.1) is 13.8 Å². The molecule has 0 heterocycles. The zero-order valence-electron chi connectivity index (χ0n) is 13.2. The summed E-state index contributed by atoms with van der Waals surface area (Å²) in [6, 6.07) is 11.0. The number of anilines is 1. The first kappa shape index (κ1) is 18.5. The Morgan fingerprint density at radius 2 is 1.79 bits per heavy atom. The molecular formula is C18H16Cl2N2OS. The van der Waals surface area contributed by atoms with Crippen molar-refractivity contribution in [2.45, 2.75) is 13.8 Å². The molecule has 0 aliphatic heterocycles. The van der Waals surface area contributed by atoms with Gasteiger partial charge in [-0.3, -0.25) is 10.1 Å². The molecule has 0 spiro atoms. The Kier molecular flexibility index (Phi) is 6.37. The van der Waals surface area contributed by atoms with Gasteiger partial charge in [-0.15, -0.1) is 0 Å². The maximum Gasteiger partial charge on any atom is 0.250 e. The topological polar surface area (TPSA) is 41.1 Å². The molecule has 0 saturated carbocycles. The number of nitrogens with one attached hydrogen (secondary N) is 2. The molecule has 3 nitrogen and oxygen atoms in total. The van der Waals surface area contributed by atoms with Gasteiger partial charge in [-0.05, 0) is 61.0 Å². The van der Waals surface area contributed by atoms with Crippen LogP contribution in [0.3, 0.4) is 0 Å². The Morgan fingerprint density at radius 1 is 1.12 bits per heavy atom. The van der Waals surface area contributed by atoms with Gasteiger partial charge < -0.3 is 5.32 Å². The molecule has 0 aliphatic rings. The SMILES string of the molecule is Cc1cccc(C)c1NC(=S)NC(=O)/C=C/c1ccc(Cl)cc1Cl. The highest BCUT2D eigenvalue weighted by Crippen LogP contribution is 2.22. The number of aryl methyl sites for hydroxylation is 2.